The number of nitrogens with zero attached hydrogens (tertiary/aromatic N) is 1. The van der Waals surface area contributed by atoms with E-state index in [0.29, 0.717) is 0 Å². The highest BCUT2D eigenvalue weighted by Crippen LogP contribution is 2.27. The minimum Gasteiger partial charge on any atom is -0.324 e. The number of nitrogens with one attached hydrogen (secondary N) is 1. The summed E-state index contributed by atoms with van der Waals surface area (Å²) in [6.45, 7) is 9.86. The van der Waals surface area contributed by atoms with Crippen LogP contribution >= 0.6 is 0 Å². The molecule has 18 heavy (non-hydrogen) atoms. The van der Waals surface area contributed by atoms with Crippen molar-refractivity contribution in [1.29, 1.82) is 0 Å². The average molecular weight is 255 g/mol. The van der Waals surface area contributed by atoms with Crippen LogP contribution in [0.1, 0.15) is 47.5 Å². The molecule has 0 aromatic heterocycles. The van der Waals surface area contributed by atoms with Gasteiger partial charge >= 0.3 is 6.03 Å². The first-order chi connectivity index (χ1) is 8.20. The number of hydrogen-bond acceptors (Lipinski definition) is 3. The third-order valence-corrected chi connectivity index (χ3v) is 4.34. The molecule has 1 heterocycles. The second-order valence-electron chi connectivity index (χ2n) is 5.75. The molecule has 1 unspecified atom stereocenters. The van der Waals surface area contributed by atoms with Gasteiger partial charge in [0.2, 0.25) is 0 Å². The van der Waals surface area contributed by atoms with Crippen LogP contribution in [-0.4, -0.2) is 34.5 Å². The van der Waals surface area contributed by atoms with Gasteiger partial charge in [0.05, 0.1) is 0 Å². The molecule has 1 fully saturated rings. The summed E-state index contributed by atoms with van der Waals surface area (Å²) in [4.78, 5) is 25.6. The Hall–Kier alpha value is -1.10. The molecule has 0 aromatic carbocycles. The summed E-state index contributed by atoms with van der Waals surface area (Å²) >= 11 is 0. The van der Waals surface area contributed by atoms with Crippen LogP contribution in [0.5, 0.6) is 0 Å². The first-order valence-corrected chi connectivity index (χ1v) is 6.63. The molecular formula is C13H25N3O2. The highest BCUT2D eigenvalue weighted by Gasteiger charge is 2.50. The number of hydrogen-bond donors (Lipinski definition) is 2. The second-order valence-corrected chi connectivity index (χ2v) is 5.75. The molecule has 0 aromatic rings. The predicted molar refractivity (Wildman–Crippen MR) is 71.0 cm³/mol. The summed E-state index contributed by atoms with van der Waals surface area (Å²) in [5.41, 5.74) is 4.89. The van der Waals surface area contributed by atoms with Gasteiger partial charge in [0.1, 0.15) is 5.54 Å². The Morgan fingerprint density at radius 3 is 2.17 bits per heavy atom. The van der Waals surface area contributed by atoms with Gasteiger partial charge in [-0.05, 0) is 25.7 Å². The van der Waals surface area contributed by atoms with Crippen LogP contribution in [0.15, 0.2) is 0 Å². The van der Waals surface area contributed by atoms with E-state index in [-0.39, 0.29) is 24.4 Å². The molecule has 5 heteroatoms. The van der Waals surface area contributed by atoms with E-state index in [1.165, 1.54) is 4.90 Å². The van der Waals surface area contributed by atoms with E-state index < -0.39 is 11.1 Å². The summed E-state index contributed by atoms with van der Waals surface area (Å²) in [5.74, 6) is -0.117. The van der Waals surface area contributed by atoms with Crippen molar-refractivity contribution in [2.24, 2.45) is 11.7 Å². The van der Waals surface area contributed by atoms with Crippen LogP contribution in [0, 0.1) is 5.92 Å². The van der Waals surface area contributed by atoms with Gasteiger partial charge in [-0.25, -0.2) is 4.79 Å². The molecule has 1 aliphatic rings. The zero-order chi connectivity index (χ0) is 14.1. The first kappa shape index (κ1) is 15.0. The Morgan fingerprint density at radius 1 is 1.33 bits per heavy atom. The molecule has 1 aliphatic heterocycles. The second kappa shape index (κ2) is 4.88. The monoisotopic (exact) mass is 255 g/mol. The summed E-state index contributed by atoms with van der Waals surface area (Å²) in [5, 5.41) is 2.78. The van der Waals surface area contributed by atoms with E-state index in [9.17, 15) is 9.59 Å². The van der Waals surface area contributed by atoms with Crippen molar-refractivity contribution >= 4 is 11.9 Å². The number of amides is 3. The molecule has 0 aliphatic carbocycles. The lowest BCUT2D eigenvalue weighted by Gasteiger charge is -2.31. The third kappa shape index (κ3) is 2.36. The summed E-state index contributed by atoms with van der Waals surface area (Å²) < 4.78 is 0. The van der Waals surface area contributed by atoms with Crippen LogP contribution in [0.2, 0.25) is 0 Å². The topological polar surface area (TPSA) is 75.4 Å². The maximum atomic E-state index is 12.4. The van der Waals surface area contributed by atoms with Crippen LogP contribution in [-0.2, 0) is 4.79 Å². The van der Waals surface area contributed by atoms with Gasteiger partial charge in [-0.15, -0.1) is 0 Å². The molecule has 1 rings (SSSR count). The molecule has 3 N–H and O–H groups in total. The zero-order valence-corrected chi connectivity index (χ0v) is 12.0. The lowest BCUT2D eigenvalue weighted by molar-refractivity contribution is -0.132. The highest BCUT2D eigenvalue weighted by atomic mass is 16.2. The average Bonchev–Trinajstić information content (AvgIpc) is 2.54. The molecule has 0 spiro atoms. The molecular weight excluding hydrogens is 230 g/mol. The Kier molecular flexibility index (Phi) is 4.05. The fourth-order valence-corrected chi connectivity index (χ4v) is 2.04. The summed E-state index contributed by atoms with van der Waals surface area (Å²) in [6, 6.07) is -0.326. The fraction of sp³-hybridized carbons (Fsp3) is 0.846. The van der Waals surface area contributed by atoms with Crippen molar-refractivity contribution in [1.82, 2.24) is 10.2 Å². The van der Waals surface area contributed by atoms with Crippen LogP contribution in [0.3, 0.4) is 0 Å². The molecule has 5 nitrogen and oxygen atoms in total. The zero-order valence-electron chi connectivity index (χ0n) is 12.0. The van der Waals surface area contributed by atoms with Crippen molar-refractivity contribution in [2.45, 2.75) is 58.5 Å². The summed E-state index contributed by atoms with van der Waals surface area (Å²) in [7, 11) is 0. The largest absolute Gasteiger partial charge is 0.325 e. The third-order valence-electron chi connectivity index (χ3n) is 4.34. The Balaban J connectivity index is 2.93. The lowest BCUT2D eigenvalue weighted by atomic mass is 9.88. The van der Waals surface area contributed by atoms with Gasteiger partial charge < -0.3 is 11.1 Å². The van der Waals surface area contributed by atoms with Gasteiger partial charge in [0.15, 0.2) is 0 Å². The molecule has 1 saturated heterocycles. The normalized spacial score (nSPS) is 24.9. The van der Waals surface area contributed by atoms with E-state index in [0.717, 1.165) is 12.8 Å². The van der Waals surface area contributed by atoms with Gasteiger partial charge in [-0.2, -0.15) is 0 Å². The van der Waals surface area contributed by atoms with Gasteiger partial charge in [0.25, 0.3) is 5.91 Å². The molecule has 0 bridgehead atoms. The number of rotatable bonds is 5. The molecule has 1 atom stereocenters. The first-order valence-electron chi connectivity index (χ1n) is 6.63. The van der Waals surface area contributed by atoms with Crippen molar-refractivity contribution in [2.75, 3.05) is 6.54 Å². The van der Waals surface area contributed by atoms with E-state index in [2.05, 4.69) is 5.32 Å². The van der Waals surface area contributed by atoms with E-state index >= 15 is 0 Å². The fourth-order valence-electron chi connectivity index (χ4n) is 2.04. The lowest BCUT2D eigenvalue weighted by Crippen LogP contribution is -2.53. The maximum Gasteiger partial charge on any atom is 0.325 e. The molecule has 0 saturated carbocycles. The van der Waals surface area contributed by atoms with E-state index in [1.807, 2.05) is 27.7 Å². The smallest absolute Gasteiger partial charge is 0.324 e. The molecule has 3 amide bonds. The van der Waals surface area contributed by atoms with Gasteiger partial charge in [-0.3, -0.25) is 9.69 Å². The van der Waals surface area contributed by atoms with Gasteiger partial charge in [0, 0.05) is 12.1 Å². The molecule has 104 valence electrons. The van der Waals surface area contributed by atoms with Crippen LogP contribution in [0.25, 0.3) is 0 Å². The number of carbonyl (C=O) groups is 2. The standard InChI is InChI=1S/C13H25N3O2/c1-6-13(14,7-2)8-16-10(17)12(5,9(3)4)15-11(16)18/h9H,6-8,14H2,1-5H3,(H,15,18). The van der Waals surface area contributed by atoms with Gasteiger partial charge in [-0.1, -0.05) is 27.7 Å². The predicted octanol–water partition coefficient (Wildman–Crippen LogP) is 1.47. The number of nitrogens with two attached hydrogens (primary N) is 1. The van der Waals surface area contributed by atoms with Crippen LogP contribution in [0.4, 0.5) is 4.79 Å². The van der Waals surface area contributed by atoms with Crippen molar-refractivity contribution < 1.29 is 9.59 Å². The van der Waals surface area contributed by atoms with E-state index in [4.69, 9.17) is 5.73 Å². The number of imide groups is 1. The Bertz CT molecular complexity index is 350. The minimum absolute atomic E-state index is 0.0503. The Labute approximate surface area is 109 Å². The Morgan fingerprint density at radius 2 is 1.83 bits per heavy atom. The number of urea groups is 1. The van der Waals surface area contributed by atoms with Crippen molar-refractivity contribution in [3.05, 3.63) is 0 Å². The van der Waals surface area contributed by atoms with E-state index in [1.54, 1.807) is 6.92 Å². The highest BCUT2D eigenvalue weighted by molar-refractivity contribution is 6.07. The van der Waals surface area contributed by atoms with Crippen LogP contribution < -0.4 is 11.1 Å². The molecule has 0 radical (unpaired) electrons. The van der Waals surface area contributed by atoms with Crippen molar-refractivity contribution in [3.63, 3.8) is 0 Å². The maximum absolute atomic E-state index is 12.4. The minimum atomic E-state index is -0.806. The summed E-state index contributed by atoms with van der Waals surface area (Å²) in [6.07, 6.45) is 1.47. The quantitative estimate of drug-likeness (QED) is 0.730. The SMILES string of the molecule is CCC(N)(CC)CN1C(=O)NC(C)(C(C)C)C1=O. The number of carbonyl (C=O) groups excluding carboxylic acids is 2. The van der Waals surface area contributed by atoms with Crippen molar-refractivity contribution in [3.8, 4) is 0 Å².